The summed E-state index contributed by atoms with van der Waals surface area (Å²) in [6.07, 6.45) is 5.40. The average molecular weight is 307 g/mol. The van der Waals surface area contributed by atoms with Crippen LogP contribution in [-0.4, -0.2) is 25.5 Å². The first-order chi connectivity index (χ1) is 11.2. The predicted molar refractivity (Wildman–Crippen MR) is 86.3 cm³/mol. The number of carbonyl (C=O) groups is 1. The molecule has 6 heteroatoms. The molecule has 0 spiro atoms. The van der Waals surface area contributed by atoms with Gasteiger partial charge in [-0.25, -0.2) is 4.68 Å². The second-order valence-corrected chi connectivity index (χ2v) is 5.90. The summed E-state index contributed by atoms with van der Waals surface area (Å²) in [6.45, 7) is 0. The van der Waals surface area contributed by atoms with Gasteiger partial charge in [-0.1, -0.05) is 30.3 Å². The molecule has 4 rings (SSSR count). The van der Waals surface area contributed by atoms with Gasteiger partial charge >= 0.3 is 0 Å². The number of hydrogen-bond acceptors (Lipinski definition) is 3. The minimum absolute atomic E-state index is 0.00923. The van der Waals surface area contributed by atoms with Crippen LogP contribution in [-0.2, 0) is 17.3 Å². The lowest BCUT2D eigenvalue weighted by molar-refractivity contribution is -0.118. The Bertz CT molecular complexity index is 845. The number of amides is 1. The lowest BCUT2D eigenvalue weighted by Crippen LogP contribution is -2.28. The molecule has 116 valence electrons. The maximum absolute atomic E-state index is 12.7. The van der Waals surface area contributed by atoms with Crippen LogP contribution in [0.2, 0.25) is 0 Å². The molecule has 0 atom stereocenters. The Morgan fingerprint density at radius 1 is 1.09 bits per heavy atom. The maximum atomic E-state index is 12.7. The van der Waals surface area contributed by atoms with Gasteiger partial charge in [0.05, 0.1) is 5.41 Å². The smallest absolute Gasteiger partial charge is 0.236 e. The Morgan fingerprint density at radius 2 is 1.87 bits per heavy atom. The number of nitrogens with one attached hydrogen (secondary N) is 1. The van der Waals surface area contributed by atoms with Gasteiger partial charge in [-0.3, -0.25) is 9.48 Å². The Balaban J connectivity index is 1.53. The molecule has 0 unspecified atom stereocenters. The van der Waals surface area contributed by atoms with Crippen molar-refractivity contribution in [2.24, 2.45) is 7.05 Å². The SMILES string of the molecule is Cn1ccc(-n2ccc(NC(=O)C3(c4ccccc4)CC3)n2)n1. The molecule has 2 heterocycles. The third-order valence-electron chi connectivity index (χ3n) is 4.28. The van der Waals surface area contributed by atoms with E-state index in [4.69, 9.17) is 0 Å². The summed E-state index contributed by atoms with van der Waals surface area (Å²) in [4.78, 5) is 12.7. The van der Waals surface area contributed by atoms with Gasteiger partial charge in [-0.05, 0) is 18.4 Å². The highest BCUT2D eigenvalue weighted by atomic mass is 16.2. The Labute approximate surface area is 133 Å². The molecule has 1 aromatic carbocycles. The van der Waals surface area contributed by atoms with Crippen molar-refractivity contribution < 1.29 is 4.79 Å². The van der Waals surface area contributed by atoms with Crippen LogP contribution in [0.1, 0.15) is 18.4 Å². The quantitative estimate of drug-likeness (QED) is 0.804. The topological polar surface area (TPSA) is 64.7 Å². The number of benzene rings is 1. The van der Waals surface area contributed by atoms with Crippen LogP contribution >= 0.6 is 0 Å². The largest absolute Gasteiger partial charge is 0.308 e. The fraction of sp³-hybridized carbons (Fsp3) is 0.235. The molecule has 1 aliphatic carbocycles. The number of aryl methyl sites for hydroxylation is 1. The van der Waals surface area contributed by atoms with Crippen LogP contribution in [0.25, 0.3) is 5.82 Å². The second-order valence-electron chi connectivity index (χ2n) is 5.90. The van der Waals surface area contributed by atoms with Crippen molar-refractivity contribution in [3.63, 3.8) is 0 Å². The number of anilines is 1. The van der Waals surface area contributed by atoms with Gasteiger partial charge in [0.15, 0.2) is 11.6 Å². The summed E-state index contributed by atoms with van der Waals surface area (Å²) < 4.78 is 3.36. The zero-order valence-corrected chi connectivity index (χ0v) is 12.8. The van der Waals surface area contributed by atoms with E-state index in [1.54, 1.807) is 21.6 Å². The summed E-state index contributed by atoms with van der Waals surface area (Å²) in [7, 11) is 1.85. The van der Waals surface area contributed by atoms with E-state index in [0.717, 1.165) is 24.2 Å². The molecular formula is C17H17N5O. The molecule has 0 radical (unpaired) electrons. The molecule has 1 N–H and O–H groups in total. The minimum Gasteiger partial charge on any atom is -0.308 e. The normalized spacial score (nSPS) is 15.3. The third-order valence-corrected chi connectivity index (χ3v) is 4.28. The first kappa shape index (κ1) is 13.8. The molecule has 6 nitrogen and oxygen atoms in total. The van der Waals surface area contributed by atoms with E-state index in [1.165, 1.54) is 0 Å². The van der Waals surface area contributed by atoms with Crippen molar-refractivity contribution >= 4 is 11.7 Å². The first-order valence-corrected chi connectivity index (χ1v) is 7.60. The van der Waals surface area contributed by atoms with Crippen LogP contribution in [0, 0.1) is 0 Å². The summed E-state index contributed by atoms with van der Waals surface area (Å²) in [6, 6.07) is 13.6. The lowest BCUT2D eigenvalue weighted by atomic mass is 9.95. The molecule has 0 aliphatic heterocycles. The van der Waals surface area contributed by atoms with Crippen molar-refractivity contribution in [1.82, 2.24) is 19.6 Å². The molecule has 1 saturated carbocycles. The molecular weight excluding hydrogens is 290 g/mol. The van der Waals surface area contributed by atoms with Crippen molar-refractivity contribution in [1.29, 1.82) is 0 Å². The predicted octanol–water partition coefficient (Wildman–Crippen LogP) is 2.28. The number of carbonyl (C=O) groups excluding carboxylic acids is 1. The molecule has 0 bridgehead atoms. The molecule has 2 aromatic heterocycles. The third kappa shape index (κ3) is 2.42. The number of nitrogens with zero attached hydrogens (tertiary/aromatic N) is 4. The van der Waals surface area contributed by atoms with E-state index >= 15 is 0 Å². The van der Waals surface area contributed by atoms with E-state index in [1.807, 2.05) is 49.6 Å². The summed E-state index contributed by atoms with van der Waals surface area (Å²) in [5.74, 6) is 1.27. The highest BCUT2D eigenvalue weighted by molar-refractivity contribution is 6.00. The van der Waals surface area contributed by atoms with E-state index in [0.29, 0.717) is 5.82 Å². The van der Waals surface area contributed by atoms with E-state index in [9.17, 15) is 4.79 Å². The van der Waals surface area contributed by atoms with Crippen molar-refractivity contribution in [2.75, 3.05) is 5.32 Å². The van der Waals surface area contributed by atoms with Gasteiger partial charge in [0.1, 0.15) is 0 Å². The van der Waals surface area contributed by atoms with Gasteiger partial charge in [0.25, 0.3) is 0 Å². The Kier molecular flexibility index (Phi) is 3.04. The summed E-state index contributed by atoms with van der Waals surface area (Å²) in [5, 5.41) is 11.6. The molecule has 23 heavy (non-hydrogen) atoms. The van der Waals surface area contributed by atoms with E-state index in [-0.39, 0.29) is 5.91 Å². The van der Waals surface area contributed by atoms with Crippen molar-refractivity contribution in [3.8, 4) is 5.82 Å². The van der Waals surface area contributed by atoms with Crippen molar-refractivity contribution in [2.45, 2.75) is 18.3 Å². The summed E-state index contributed by atoms with van der Waals surface area (Å²) >= 11 is 0. The van der Waals surface area contributed by atoms with Gasteiger partial charge < -0.3 is 5.32 Å². The van der Waals surface area contributed by atoms with Gasteiger partial charge in [0.2, 0.25) is 5.91 Å². The van der Waals surface area contributed by atoms with Gasteiger partial charge in [0, 0.05) is 31.6 Å². The molecule has 3 aromatic rings. The molecule has 1 fully saturated rings. The van der Waals surface area contributed by atoms with Crippen LogP contribution in [0.3, 0.4) is 0 Å². The summed E-state index contributed by atoms with van der Waals surface area (Å²) in [5.41, 5.74) is 0.678. The van der Waals surface area contributed by atoms with Crippen LogP contribution < -0.4 is 5.32 Å². The Morgan fingerprint density at radius 3 is 2.52 bits per heavy atom. The highest BCUT2D eigenvalue weighted by Gasteiger charge is 2.51. The fourth-order valence-corrected chi connectivity index (χ4v) is 2.81. The second kappa shape index (κ2) is 5.08. The van der Waals surface area contributed by atoms with Crippen LogP contribution in [0.4, 0.5) is 5.82 Å². The molecule has 0 saturated heterocycles. The fourth-order valence-electron chi connectivity index (χ4n) is 2.81. The van der Waals surface area contributed by atoms with E-state index in [2.05, 4.69) is 15.5 Å². The highest BCUT2D eigenvalue weighted by Crippen LogP contribution is 2.48. The maximum Gasteiger partial charge on any atom is 0.236 e. The molecule has 1 aliphatic rings. The zero-order chi connectivity index (χ0) is 15.9. The zero-order valence-electron chi connectivity index (χ0n) is 12.8. The number of aromatic nitrogens is 4. The van der Waals surface area contributed by atoms with Gasteiger partial charge in [-0.2, -0.15) is 5.10 Å². The van der Waals surface area contributed by atoms with Crippen molar-refractivity contribution in [3.05, 3.63) is 60.4 Å². The van der Waals surface area contributed by atoms with Crippen LogP contribution in [0.5, 0.6) is 0 Å². The standard InChI is InChI=1S/C17H17N5O/c1-21-11-8-15(20-21)22-12-7-14(19-22)18-16(23)17(9-10-17)13-5-3-2-4-6-13/h2-8,11-12H,9-10H2,1H3,(H,18,19,23). The number of hydrogen-bond donors (Lipinski definition) is 1. The van der Waals surface area contributed by atoms with E-state index < -0.39 is 5.41 Å². The minimum atomic E-state index is -0.393. The average Bonchev–Trinajstić information content (AvgIpc) is 3.07. The molecule has 1 amide bonds. The number of rotatable bonds is 4. The lowest BCUT2D eigenvalue weighted by Gasteiger charge is -2.14. The van der Waals surface area contributed by atoms with Gasteiger partial charge in [-0.15, -0.1) is 5.10 Å². The Hall–Kier alpha value is -2.89. The monoisotopic (exact) mass is 307 g/mol. The van der Waals surface area contributed by atoms with Crippen LogP contribution in [0.15, 0.2) is 54.9 Å². The first-order valence-electron chi connectivity index (χ1n) is 7.60.